The Labute approximate surface area is 327 Å². The van der Waals surface area contributed by atoms with Crippen molar-refractivity contribution < 1.29 is 34.7 Å². The maximum atomic E-state index is 12.4. The molecule has 0 aromatic heterocycles. The Morgan fingerprint density at radius 1 is 0.685 bits per heavy atom. The number of unbranched alkanes of at least 4 members (excludes halogenated alkanes) is 3. The van der Waals surface area contributed by atoms with Gasteiger partial charge in [-0.2, -0.15) is 0 Å². The molecule has 0 aliphatic carbocycles. The van der Waals surface area contributed by atoms with Crippen molar-refractivity contribution in [3.05, 3.63) is 171 Å². The summed E-state index contributed by atoms with van der Waals surface area (Å²) in [5.74, 6) is -0.842. The highest BCUT2D eigenvalue weighted by atomic mass is 35.5. The molecule has 1 unspecified atom stereocenters. The van der Waals surface area contributed by atoms with Gasteiger partial charge in [0.25, 0.3) is 0 Å². The smallest absolute Gasteiger partial charge is 0.323 e. The number of carboxylic acid groups (broad SMARTS) is 1. The van der Waals surface area contributed by atoms with E-state index in [1.54, 1.807) is 24.3 Å². The summed E-state index contributed by atoms with van der Waals surface area (Å²) in [4.78, 5) is 12.4. The van der Waals surface area contributed by atoms with Crippen molar-refractivity contribution in [2.75, 3.05) is 32.9 Å². The summed E-state index contributed by atoms with van der Waals surface area (Å²) in [6, 6.07) is 38.3. The Morgan fingerprint density at radius 3 is 1.76 bits per heavy atom. The number of aliphatic carboxylic acids is 1. The number of hydrogen-bond donors (Lipinski definition) is 5. The molecule has 0 saturated carbocycles. The van der Waals surface area contributed by atoms with Crippen LogP contribution in [0.3, 0.4) is 0 Å². The van der Waals surface area contributed by atoms with Crippen LogP contribution < -0.4 is 5.32 Å². The number of ether oxygens (including phenoxy) is 2. The van der Waals surface area contributed by atoms with Gasteiger partial charge < -0.3 is 35.2 Å². The molecule has 5 rings (SSSR count). The molecule has 0 fully saturated rings. The quantitative estimate of drug-likeness (QED) is 0.0393. The van der Waals surface area contributed by atoms with Crippen LogP contribution in [0.25, 0.3) is 0 Å². The number of rotatable bonds is 20. The predicted molar refractivity (Wildman–Crippen MR) is 214 cm³/mol. The van der Waals surface area contributed by atoms with Crippen molar-refractivity contribution in [2.24, 2.45) is 0 Å². The van der Waals surface area contributed by atoms with E-state index >= 15 is 0 Å². The molecule has 5 aromatic carbocycles. The van der Waals surface area contributed by atoms with Gasteiger partial charge in [-0.15, -0.1) is 0 Å². The van der Waals surface area contributed by atoms with Crippen molar-refractivity contribution in [3.63, 3.8) is 0 Å². The van der Waals surface area contributed by atoms with E-state index in [0.29, 0.717) is 54.1 Å². The lowest BCUT2D eigenvalue weighted by Gasteiger charge is -2.31. The molecule has 8 nitrogen and oxygen atoms in total. The highest BCUT2D eigenvalue weighted by Crippen LogP contribution is 2.39. The van der Waals surface area contributed by atoms with Gasteiger partial charge in [-0.25, -0.2) is 0 Å². The zero-order chi connectivity index (χ0) is 38.6. The first kappa shape index (κ1) is 42.5. The van der Waals surface area contributed by atoms with E-state index in [0.717, 1.165) is 54.5 Å². The van der Waals surface area contributed by atoms with Gasteiger partial charge in [-0.05, 0) is 65.9 Å². The zero-order valence-electron chi connectivity index (χ0n) is 30.2. The molecule has 286 valence electrons. The normalized spacial score (nSPS) is 11.8. The van der Waals surface area contributed by atoms with Crippen LogP contribution >= 0.6 is 23.2 Å². The van der Waals surface area contributed by atoms with Crippen molar-refractivity contribution >= 4 is 29.2 Å². The lowest BCUT2D eigenvalue weighted by atomic mass is 9.69. The number of hydrogen-bond acceptors (Lipinski definition) is 7. The van der Waals surface area contributed by atoms with Gasteiger partial charge in [0.2, 0.25) is 0 Å². The standard InChI is InChI=1S/C24H33Cl2NO5.C20H16O2/c25-21-6-5-7-22(26)20(21)17-32-13-12-31-11-4-2-1-3-10-27-15-24(30)18-8-9-23(29)19(14-18)16-28;21-19(22)20(16-10-4-1-5-11-16,17-12-6-2-7-13-17)18-14-8-3-9-15-18/h5-9,14,24,27-30H,1-4,10-13,15-17H2;1-15H,(H,21,22). The molecule has 5 aromatic rings. The molecule has 0 spiro atoms. The minimum Gasteiger partial charge on any atom is -0.508 e. The molecule has 54 heavy (non-hydrogen) atoms. The topological polar surface area (TPSA) is 128 Å². The summed E-state index contributed by atoms with van der Waals surface area (Å²) in [5, 5.41) is 43.6. The number of halogens is 2. The van der Waals surface area contributed by atoms with E-state index in [1.165, 1.54) is 6.07 Å². The van der Waals surface area contributed by atoms with E-state index < -0.39 is 17.5 Å². The molecular weight excluding hydrogens is 725 g/mol. The monoisotopic (exact) mass is 773 g/mol. The first-order valence-corrected chi connectivity index (χ1v) is 18.8. The van der Waals surface area contributed by atoms with Gasteiger partial charge in [0.05, 0.1) is 32.5 Å². The number of benzene rings is 5. The molecule has 1 atom stereocenters. The minimum absolute atomic E-state index is 0.0370. The summed E-state index contributed by atoms with van der Waals surface area (Å²) in [7, 11) is 0. The number of nitrogens with one attached hydrogen (secondary N) is 1. The third-order valence-electron chi connectivity index (χ3n) is 9.01. The Bertz CT molecular complexity index is 1710. The van der Waals surface area contributed by atoms with Crippen LogP contribution in [0.1, 0.15) is 65.2 Å². The zero-order valence-corrected chi connectivity index (χ0v) is 31.8. The number of aromatic hydroxyl groups is 1. The molecule has 0 radical (unpaired) electrons. The average Bonchev–Trinajstić information content (AvgIpc) is 3.19. The Balaban J connectivity index is 0.000000256. The van der Waals surface area contributed by atoms with Gasteiger partial charge in [0.1, 0.15) is 11.2 Å². The van der Waals surface area contributed by atoms with E-state index in [4.69, 9.17) is 32.7 Å². The molecule has 5 N–H and O–H groups in total. The highest BCUT2D eigenvalue weighted by molar-refractivity contribution is 6.35. The van der Waals surface area contributed by atoms with Gasteiger partial charge in [-0.3, -0.25) is 4.79 Å². The molecule has 0 aliphatic heterocycles. The molecular formula is C44H49Cl2NO7. The molecule has 0 bridgehead atoms. The number of carboxylic acids is 1. The van der Waals surface area contributed by atoms with Crippen LogP contribution in [0.5, 0.6) is 5.75 Å². The first-order valence-electron chi connectivity index (χ1n) is 18.1. The average molecular weight is 775 g/mol. The fourth-order valence-electron chi connectivity index (χ4n) is 6.10. The summed E-state index contributed by atoms with van der Waals surface area (Å²) < 4.78 is 11.2. The lowest BCUT2D eigenvalue weighted by molar-refractivity contribution is -0.140. The molecule has 0 saturated heterocycles. The van der Waals surface area contributed by atoms with Crippen molar-refractivity contribution in [2.45, 2.75) is 50.4 Å². The molecule has 0 heterocycles. The van der Waals surface area contributed by atoms with Gasteiger partial charge in [0, 0.05) is 34.3 Å². The van der Waals surface area contributed by atoms with Crippen molar-refractivity contribution in [3.8, 4) is 5.75 Å². The minimum atomic E-state index is -1.20. The Morgan fingerprint density at radius 2 is 1.22 bits per heavy atom. The second-order valence-electron chi connectivity index (χ2n) is 12.7. The lowest BCUT2D eigenvalue weighted by Crippen LogP contribution is -2.38. The van der Waals surface area contributed by atoms with Gasteiger partial charge in [0.15, 0.2) is 0 Å². The third-order valence-corrected chi connectivity index (χ3v) is 9.72. The Kier molecular flexibility index (Phi) is 18.0. The largest absolute Gasteiger partial charge is 0.508 e. The van der Waals surface area contributed by atoms with Crippen LogP contribution in [0, 0.1) is 0 Å². The molecule has 10 heteroatoms. The van der Waals surface area contributed by atoms with E-state index in [-0.39, 0.29) is 12.4 Å². The van der Waals surface area contributed by atoms with Crippen LogP contribution in [0.4, 0.5) is 0 Å². The maximum Gasteiger partial charge on any atom is 0.323 e. The van der Waals surface area contributed by atoms with Crippen LogP contribution in [-0.2, 0) is 32.9 Å². The molecule has 0 aliphatic rings. The number of aliphatic hydroxyl groups excluding tert-OH is 2. The Hall–Kier alpha value is -4.25. The van der Waals surface area contributed by atoms with Crippen LogP contribution in [0.2, 0.25) is 10.0 Å². The summed E-state index contributed by atoms with van der Waals surface area (Å²) >= 11 is 12.2. The summed E-state index contributed by atoms with van der Waals surface area (Å²) in [6.45, 7) is 3.11. The number of phenols is 1. The van der Waals surface area contributed by atoms with E-state index in [1.807, 2.05) is 97.1 Å². The summed E-state index contributed by atoms with van der Waals surface area (Å²) in [5.41, 5.74) is 2.94. The number of carbonyl (C=O) groups is 1. The summed E-state index contributed by atoms with van der Waals surface area (Å²) in [6.07, 6.45) is 3.51. The second kappa shape index (κ2) is 22.8. The van der Waals surface area contributed by atoms with Crippen molar-refractivity contribution in [1.29, 1.82) is 0 Å². The molecule has 0 amide bonds. The van der Waals surface area contributed by atoms with E-state index in [9.17, 15) is 25.2 Å². The van der Waals surface area contributed by atoms with Gasteiger partial charge >= 0.3 is 5.97 Å². The fourth-order valence-corrected chi connectivity index (χ4v) is 6.61. The maximum absolute atomic E-state index is 12.4. The first-order chi connectivity index (χ1) is 26.3. The van der Waals surface area contributed by atoms with Gasteiger partial charge in [-0.1, -0.05) is 139 Å². The highest BCUT2D eigenvalue weighted by Gasteiger charge is 2.43. The SMILES string of the molecule is O=C(O)C(c1ccccc1)(c1ccccc1)c1ccccc1.OCc1cc(C(O)CNCCCCCCOCCOCc2c(Cl)cccc2Cl)ccc1O. The van der Waals surface area contributed by atoms with Crippen molar-refractivity contribution in [1.82, 2.24) is 5.32 Å². The third kappa shape index (κ3) is 12.1. The van der Waals surface area contributed by atoms with Crippen LogP contribution in [-0.4, -0.2) is 59.3 Å². The number of aliphatic hydroxyl groups is 2. The van der Waals surface area contributed by atoms with Crippen LogP contribution in [0.15, 0.2) is 127 Å². The van der Waals surface area contributed by atoms with E-state index in [2.05, 4.69) is 5.32 Å². The predicted octanol–water partition coefficient (Wildman–Crippen LogP) is 8.71. The second-order valence-corrected chi connectivity index (χ2v) is 13.5. The fraction of sp³-hybridized carbons (Fsp3) is 0.295.